The number of H-pyrrole nitrogens is 1. The molecule has 1 aromatic heterocycles. The third kappa shape index (κ3) is 4.63. The largest absolute Gasteiger partial charge is 0.379 e. The van der Waals surface area contributed by atoms with Crippen molar-refractivity contribution in [2.45, 2.75) is 18.9 Å². The maximum absolute atomic E-state index is 12.6. The molecule has 2 fully saturated rings. The van der Waals surface area contributed by atoms with Gasteiger partial charge in [0.15, 0.2) is 0 Å². The minimum absolute atomic E-state index is 0.0444. The van der Waals surface area contributed by atoms with E-state index in [1.807, 2.05) is 30.5 Å². The predicted molar refractivity (Wildman–Crippen MR) is 111 cm³/mol. The van der Waals surface area contributed by atoms with E-state index in [9.17, 15) is 14.4 Å². The lowest BCUT2D eigenvalue weighted by Crippen LogP contribution is -2.42. The second-order valence-electron chi connectivity index (χ2n) is 7.61. The maximum Gasteiger partial charge on any atom is 0.324 e. The quantitative estimate of drug-likeness (QED) is 0.546. The van der Waals surface area contributed by atoms with E-state index in [1.165, 1.54) is 4.90 Å². The van der Waals surface area contributed by atoms with Gasteiger partial charge in [0.1, 0.15) is 6.04 Å². The number of para-hydroxylation sites is 1. The molecule has 1 atom stereocenters. The van der Waals surface area contributed by atoms with E-state index in [0.29, 0.717) is 26.2 Å². The Hall–Kier alpha value is -2.91. The van der Waals surface area contributed by atoms with Crippen molar-refractivity contribution >= 4 is 28.7 Å². The van der Waals surface area contributed by atoms with Crippen LogP contribution in [0.25, 0.3) is 10.9 Å². The van der Waals surface area contributed by atoms with Crippen LogP contribution in [0.15, 0.2) is 30.5 Å². The molecule has 9 nitrogen and oxygen atoms in total. The molecule has 2 aromatic rings. The van der Waals surface area contributed by atoms with Gasteiger partial charge in [-0.25, -0.2) is 4.79 Å². The van der Waals surface area contributed by atoms with Crippen LogP contribution in [0.4, 0.5) is 4.79 Å². The molecule has 30 heavy (non-hydrogen) atoms. The molecule has 1 unspecified atom stereocenters. The van der Waals surface area contributed by atoms with Gasteiger partial charge in [-0.2, -0.15) is 0 Å². The van der Waals surface area contributed by atoms with Gasteiger partial charge in [-0.15, -0.1) is 0 Å². The first-order valence-corrected chi connectivity index (χ1v) is 10.4. The maximum atomic E-state index is 12.6. The molecule has 4 rings (SSSR count). The SMILES string of the molecule is O=C(CC1NC(=O)N(CCc2c[nH]c3ccccc23)C1=O)NCCN1CCOCC1. The number of aromatic nitrogens is 1. The molecule has 0 bridgehead atoms. The number of rotatable bonds is 8. The zero-order chi connectivity index (χ0) is 20.9. The summed E-state index contributed by atoms with van der Waals surface area (Å²) in [4.78, 5) is 43.7. The number of nitrogens with one attached hydrogen (secondary N) is 3. The van der Waals surface area contributed by atoms with Gasteiger partial charge in [0, 0.05) is 49.8 Å². The first-order valence-electron chi connectivity index (χ1n) is 10.4. The summed E-state index contributed by atoms with van der Waals surface area (Å²) in [6.07, 6.45) is 2.42. The lowest BCUT2D eigenvalue weighted by atomic mass is 10.1. The molecule has 160 valence electrons. The Balaban J connectivity index is 1.24. The number of hydrogen-bond donors (Lipinski definition) is 3. The number of urea groups is 1. The fraction of sp³-hybridized carbons (Fsp3) is 0.476. The van der Waals surface area contributed by atoms with Gasteiger partial charge >= 0.3 is 6.03 Å². The van der Waals surface area contributed by atoms with Gasteiger partial charge in [0.25, 0.3) is 5.91 Å². The van der Waals surface area contributed by atoms with Crippen LogP contribution in [-0.2, 0) is 20.7 Å². The Bertz CT molecular complexity index is 921. The predicted octanol–water partition coefficient (Wildman–Crippen LogP) is 0.469. The number of carbonyl (C=O) groups excluding carboxylic acids is 3. The molecule has 0 radical (unpaired) electrons. The molecule has 4 amide bonds. The highest BCUT2D eigenvalue weighted by Crippen LogP contribution is 2.19. The highest BCUT2D eigenvalue weighted by atomic mass is 16.5. The zero-order valence-corrected chi connectivity index (χ0v) is 16.9. The first-order chi connectivity index (χ1) is 14.6. The number of amides is 4. The van der Waals surface area contributed by atoms with E-state index in [1.54, 1.807) is 0 Å². The average molecular weight is 413 g/mol. The molecule has 9 heteroatoms. The van der Waals surface area contributed by atoms with Crippen molar-refractivity contribution in [3.05, 3.63) is 36.0 Å². The average Bonchev–Trinajstić information content (AvgIpc) is 3.28. The van der Waals surface area contributed by atoms with Crippen molar-refractivity contribution in [3.8, 4) is 0 Å². The van der Waals surface area contributed by atoms with Gasteiger partial charge in [-0.1, -0.05) is 18.2 Å². The monoisotopic (exact) mass is 413 g/mol. The third-order valence-corrected chi connectivity index (χ3v) is 5.63. The third-order valence-electron chi connectivity index (χ3n) is 5.63. The number of hydrogen-bond acceptors (Lipinski definition) is 5. The van der Waals surface area contributed by atoms with Gasteiger partial charge < -0.3 is 20.4 Å². The number of imide groups is 1. The Morgan fingerprint density at radius 3 is 2.80 bits per heavy atom. The Morgan fingerprint density at radius 2 is 1.97 bits per heavy atom. The van der Waals surface area contributed by atoms with Crippen LogP contribution in [-0.4, -0.2) is 84.6 Å². The van der Waals surface area contributed by atoms with E-state index in [-0.39, 0.29) is 24.8 Å². The number of morpholine rings is 1. The number of fused-ring (bicyclic) bond motifs is 1. The highest BCUT2D eigenvalue weighted by molar-refractivity contribution is 6.05. The van der Waals surface area contributed by atoms with E-state index < -0.39 is 12.1 Å². The van der Waals surface area contributed by atoms with Crippen LogP contribution >= 0.6 is 0 Å². The Labute approximate surface area is 174 Å². The first kappa shape index (κ1) is 20.4. The smallest absolute Gasteiger partial charge is 0.324 e. The number of aromatic amines is 1. The fourth-order valence-corrected chi connectivity index (χ4v) is 3.93. The van der Waals surface area contributed by atoms with Gasteiger partial charge in [0.05, 0.1) is 19.6 Å². The molecule has 0 aliphatic carbocycles. The lowest BCUT2D eigenvalue weighted by Gasteiger charge is -2.26. The summed E-state index contributed by atoms with van der Waals surface area (Å²) in [6, 6.07) is 6.67. The van der Waals surface area contributed by atoms with Crippen molar-refractivity contribution in [1.29, 1.82) is 0 Å². The minimum Gasteiger partial charge on any atom is -0.379 e. The highest BCUT2D eigenvalue weighted by Gasteiger charge is 2.38. The topological polar surface area (TPSA) is 107 Å². The van der Waals surface area contributed by atoms with Gasteiger partial charge in [-0.05, 0) is 18.1 Å². The van der Waals surface area contributed by atoms with Crippen LogP contribution in [0.3, 0.4) is 0 Å². The van der Waals surface area contributed by atoms with Gasteiger partial charge in [0.2, 0.25) is 5.91 Å². The molecule has 3 N–H and O–H groups in total. The molecule has 2 aliphatic heterocycles. The molecular weight excluding hydrogens is 386 g/mol. The summed E-state index contributed by atoms with van der Waals surface area (Å²) < 4.78 is 5.30. The van der Waals surface area contributed by atoms with Crippen molar-refractivity contribution < 1.29 is 19.1 Å². The summed E-state index contributed by atoms with van der Waals surface area (Å²) in [6.45, 7) is 4.68. The summed E-state index contributed by atoms with van der Waals surface area (Å²) >= 11 is 0. The van der Waals surface area contributed by atoms with Crippen molar-refractivity contribution in [1.82, 2.24) is 25.4 Å². The zero-order valence-electron chi connectivity index (χ0n) is 16.9. The molecule has 3 heterocycles. The van der Waals surface area contributed by atoms with E-state index >= 15 is 0 Å². The van der Waals surface area contributed by atoms with Crippen LogP contribution in [0.5, 0.6) is 0 Å². The molecule has 0 spiro atoms. The summed E-state index contributed by atoms with van der Waals surface area (Å²) in [5, 5.41) is 6.55. The second kappa shape index (κ2) is 9.27. The number of benzene rings is 1. The summed E-state index contributed by atoms with van der Waals surface area (Å²) in [5.74, 6) is -0.580. The van der Waals surface area contributed by atoms with Crippen LogP contribution < -0.4 is 10.6 Å². The fourth-order valence-electron chi connectivity index (χ4n) is 3.93. The Kier molecular flexibility index (Phi) is 6.29. The standard InChI is InChI=1S/C21H27N5O4/c27-19(22-6-8-25-9-11-30-12-10-25)13-18-20(28)26(21(29)24-18)7-5-15-14-23-17-4-2-1-3-16(15)17/h1-4,14,18,23H,5-13H2,(H,22,27)(H,24,29). The van der Waals surface area contributed by atoms with E-state index in [0.717, 1.165) is 36.1 Å². The summed E-state index contributed by atoms with van der Waals surface area (Å²) in [7, 11) is 0. The van der Waals surface area contributed by atoms with E-state index in [4.69, 9.17) is 4.74 Å². The van der Waals surface area contributed by atoms with Crippen LogP contribution in [0.2, 0.25) is 0 Å². The lowest BCUT2D eigenvalue weighted by molar-refractivity contribution is -0.130. The molecular formula is C21H27N5O4. The van der Waals surface area contributed by atoms with Crippen LogP contribution in [0, 0.1) is 0 Å². The molecule has 2 aliphatic rings. The Morgan fingerprint density at radius 1 is 1.17 bits per heavy atom. The molecule has 2 saturated heterocycles. The van der Waals surface area contributed by atoms with Crippen molar-refractivity contribution in [2.24, 2.45) is 0 Å². The number of carbonyl (C=O) groups is 3. The van der Waals surface area contributed by atoms with E-state index in [2.05, 4.69) is 20.5 Å². The van der Waals surface area contributed by atoms with Crippen molar-refractivity contribution in [3.63, 3.8) is 0 Å². The summed E-state index contributed by atoms with van der Waals surface area (Å²) in [5.41, 5.74) is 2.08. The number of ether oxygens (including phenoxy) is 1. The second-order valence-corrected chi connectivity index (χ2v) is 7.61. The van der Waals surface area contributed by atoms with Crippen molar-refractivity contribution in [2.75, 3.05) is 45.9 Å². The molecule has 1 aromatic carbocycles. The van der Waals surface area contributed by atoms with Gasteiger partial charge in [-0.3, -0.25) is 19.4 Å². The minimum atomic E-state index is -0.802. The van der Waals surface area contributed by atoms with Crippen LogP contribution in [0.1, 0.15) is 12.0 Å². The molecule has 0 saturated carbocycles. The normalized spacial score (nSPS) is 20.0. The number of nitrogens with zero attached hydrogens (tertiary/aromatic N) is 2.